The molecular formula is C15H17N3O4. The lowest BCUT2D eigenvalue weighted by Crippen LogP contribution is -2.24. The van der Waals surface area contributed by atoms with Crippen molar-refractivity contribution in [2.24, 2.45) is 0 Å². The van der Waals surface area contributed by atoms with Crippen LogP contribution in [0, 0.1) is 0 Å². The zero-order chi connectivity index (χ0) is 15.9. The number of nitrogens with zero attached hydrogens (tertiary/aromatic N) is 2. The second-order valence-corrected chi connectivity index (χ2v) is 4.64. The number of nitrogens with one attached hydrogen (secondary N) is 1. The maximum atomic E-state index is 11.8. The van der Waals surface area contributed by atoms with Crippen LogP contribution in [0.15, 0.2) is 36.5 Å². The minimum absolute atomic E-state index is 0.0290. The second kappa shape index (κ2) is 7.26. The van der Waals surface area contributed by atoms with Crippen molar-refractivity contribution in [2.45, 2.75) is 19.5 Å². The highest BCUT2D eigenvalue weighted by atomic mass is 16.5. The largest absolute Gasteiger partial charge is 0.497 e. The minimum Gasteiger partial charge on any atom is -0.497 e. The van der Waals surface area contributed by atoms with Crippen LogP contribution in [0.25, 0.3) is 0 Å². The summed E-state index contributed by atoms with van der Waals surface area (Å²) < 4.78 is 6.50. The molecule has 0 saturated carbocycles. The third-order valence-corrected chi connectivity index (χ3v) is 3.08. The van der Waals surface area contributed by atoms with Crippen molar-refractivity contribution in [3.05, 3.63) is 47.8 Å². The Hall–Kier alpha value is -2.83. The first-order chi connectivity index (χ1) is 10.6. The number of benzene rings is 1. The number of ether oxygens (including phenoxy) is 1. The number of carboxylic acids is 1. The first-order valence-corrected chi connectivity index (χ1v) is 6.75. The van der Waals surface area contributed by atoms with E-state index in [0.717, 1.165) is 11.3 Å². The molecule has 7 heteroatoms. The molecule has 2 N–H and O–H groups in total. The topological polar surface area (TPSA) is 93.5 Å². The molecular weight excluding hydrogens is 286 g/mol. The van der Waals surface area contributed by atoms with Crippen molar-refractivity contribution in [3.8, 4) is 5.75 Å². The lowest BCUT2D eigenvalue weighted by molar-refractivity contribution is -0.121. The molecule has 0 atom stereocenters. The molecule has 0 aliphatic carbocycles. The zero-order valence-electron chi connectivity index (χ0n) is 12.2. The number of aromatic carboxylic acids is 1. The fraction of sp³-hybridized carbons (Fsp3) is 0.267. The third-order valence-electron chi connectivity index (χ3n) is 3.08. The predicted octanol–water partition coefficient (Wildman–Crippen LogP) is 1.30. The monoisotopic (exact) mass is 303 g/mol. The van der Waals surface area contributed by atoms with Crippen molar-refractivity contribution in [1.29, 1.82) is 0 Å². The molecule has 0 unspecified atom stereocenters. The summed E-state index contributed by atoms with van der Waals surface area (Å²) >= 11 is 0. The van der Waals surface area contributed by atoms with Gasteiger partial charge in [0, 0.05) is 25.7 Å². The molecule has 0 bridgehead atoms. The van der Waals surface area contributed by atoms with E-state index in [4.69, 9.17) is 9.84 Å². The molecule has 1 amide bonds. The van der Waals surface area contributed by atoms with Gasteiger partial charge in [0.1, 0.15) is 5.75 Å². The van der Waals surface area contributed by atoms with Gasteiger partial charge in [-0.25, -0.2) is 4.79 Å². The number of amides is 1. The number of methoxy groups -OCH3 is 1. The number of hydrogen-bond acceptors (Lipinski definition) is 4. The normalized spacial score (nSPS) is 10.2. The standard InChI is InChI=1S/C15H17N3O4/c1-22-12-4-2-11(3-5-12)10-16-14(19)7-9-18-8-6-13(17-18)15(20)21/h2-6,8H,7,9-10H2,1H3,(H,16,19)(H,20,21). The molecule has 0 spiro atoms. The van der Waals surface area contributed by atoms with E-state index in [0.29, 0.717) is 13.1 Å². The number of carboxylic acid groups (broad SMARTS) is 1. The zero-order valence-corrected chi connectivity index (χ0v) is 12.2. The summed E-state index contributed by atoms with van der Waals surface area (Å²) in [6.07, 6.45) is 1.77. The number of hydrogen-bond donors (Lipinski definition) is 2. The van der Waals surface area contributed by atoms with Gasteiger partial charge in [0.2, 0.25) is 5.91 Å². The summed E-state index contributed by atoms with van der Waals surface area (Å²) in [4.78, 5) is 22.5. The molecule has 116 valence electrons. The Labute approximate surface area is 127 Å². The van der Waals surface area contributed by atoms with Crippen LogP contribution in [0.3, 0.4) is 0 Å². The van der Waals surface area contributed by atoms with Gasteiger partial charge in [0.05, 0.1) is 7.11 Å². The fourth-order valence-electron chi connectivity index (χ4n) is 1.85. The van der Waals surface area contributed by atoms with Crippen molar-refractivity contribution < 1.29 is 19.4 Å². The Morgan fingerprint density at radius 2 is 2.00 bits per heavy atom. The van der Waals surface area contributed by atoms with Crippen LogP contribution in [0.1, 0.15) is 22.5 Å². The Balaban J connectivity index is 1.76. The lowest BCUT2D eigenvalue weighted by Gasteiger charge is -2.06. The summed E-state index contributed by atoms with van der Waals surface area (Å²) in [5, 5.41) is 15.4. The van der Waals surface area contributed by atoms with Crippen LogP contribution in [-0.4, -0.2) is 33.9 Å². The van der Waals surface area contributed by atoms with Crippen LogP contribution in [0.5, 0.6) is 5.75 Å². The maximum absolute atomic E-state index is 11.8. The molecule has 1 aromatic carbocycles. The summed E-state index contributed by atoms with van der Waals surface area (Å²) in [5.74, 6) is -0.436. The smallest absolute Gasteiger partial charge is 0.356 e. The van der Waals surface area contributed by atoms with Crippen molar-refractivity contribution in [3.63, 3.8) is 0 Å². The first-order valence-electron chi connectivity index (χ1n) is 6.75. The van der Waals surface area contributed by atoms with Gasteiger partial charge in [-0.15, -0.1) is 0 Å². The first kappa shape index (κ1) is 15.6. The number of carbonyl (C=O) groups is 2. The van der Waals surface area contributed by atoms with Crippen molar-refractivity contribution in [2.75, 3.05) is 7.11 Å². The number of aryl methyl sites for hydroxylation is 1. The van der Waals surface area contributed by atoms with E-state index in [9.17, 15) is 9.59 Å². The average Bonchev–Trinajstić information content (AvgIpc) is 3.00. The molecule has 0 saturated heterocycles. The minimum atomic E-state index is -1.08. The molecule has 2 aromatic rings. The summed E-state index contributed by atoms with van der Waals surface area (Å²) in [6, 6.07) is 8.83. The van der Waals surface area contributed by atoms with Gasteiger partial charge in [-0.2, -0.15) is 5.10 Å². The van der Waals surface area contributed by atoms with Gasteiger partial charge < -0.3 is 15.2 Å². The number of rotatable bonds is 7. The van der Waals surface area contributed by atoms with E-state index in [1.807, 2.05) is 24.3 Å². The molecule has 0 fully saturated rings. The van der Waals surface area contributed by atoms with Gasteiger partial charge >= 0.3 is 5.97 Å². The molecule has 22 heavy (non-hydrogen) atoms. The third kappa shape index (κ3) is 4.34. The van der Waals surface area contributed by atoms with E-state index in [-0.39, 0.29) is 18.0 Å². The van der Waals surface area contributed by atoms with Crippen LogP contribution >= 0.6 is 0 Å². The van der Waals surface area contributed by atoms with Crippen molar-refractivity contribution in [1.82, 2.24) is 15.1 Å². The Kier molecular flexibility index (Phi) is 5.13. The number of carbonyl (C=O) groups excluding carboxylic acids is 1. The van der Waals surface area contributed by atoms with Gasteiger partial charge in [0.25, 0.3) is 0 Å². The Bertz CT molecular complexity index is 649. The van der Waals surface area contributed by atoms with Gasteiger partial charge in [-0.1, -0.05) is 12.1 Å². The van der Waals surface area contributed by atoms with Gasteiger partial charge in [0.15, 0.2) is 5.69 Å². The van der Waals surface area contributed by atoms with Crippen LogP contribution in [0.4, 0.5) is 0 Å². The Morgan fingerprint density at radius 1 is 1.27 bits per heavy atom. The maximum Gasteiger partial charge on any atom is 0.356 e. The molecule has 0 aliphatic heterocycles. The lowest BCUT2D eigenvalue weighted by atomic mass is 10.2. The molecule has 1 heterocycles. The van der Waals surface area contributed by atoms with Gasteiger partial charge in [-0.3, -0.25) is 9.48 Å². The van der Waals surface area contributed by atoms with E-state index < -0.39 is 5.97 Å². The van der Waals surface area contributed by atoms with E-state index in [1.165, 1.54) is 10.7 Å². The van der Waals surface area contributed by atoms with Crippen molar-refractivity contribution >= 4 is 11.9 Å². The highest BCUT2D eigenvalue weighted by molar-refractivity contribution is 5.85. The van der Waals surface area contributed by atoms with Crippen LogP contribution in [-0.2, 0) is 17.9 Å². The summed E-state index contributed by atoms with van der Waals surface area (Å²) in [7, 11) is 1.60. The molecule has 1 aromatic heterocycles. The fourth-order valence-corrected chi connectivity index (χ4v) is 1.85. The van der Waals surface area contributed by atoms with E-state index in [1.54, 1.807) is 13.3 Å². The highest BCUT2D eigenvalue weighted by Gasteiger charge is 2.08. The quantitative estimate of drug-likeness (QED) is 0.804. The summed E-state index contributed by atoms with van der Waals surface area (Å²) in [5.41, 5.74) is 0.944. The highest BCUT2D eigenvalue weighted by Crippen LogP contribution is 2.10. The van der Waals surface area contributed by atoms with Crippen LogP contribution in [0.2, 0.25) is 0 Å². The van der Waals surface area contributed by atoms with Gasteiger partial charge in [-0.05, 0) is 23.8 Å². The average molecular weight is 303 g/mol. The molecule has 7 nitrogen and oxygen atoms in total. The Morgan fingerprint density at radius 3 is 2.59 bits per heavy atom. The molecule has 2 rings (SSSR count). The molecule has 0 radical (unpaired) electrons. The van der Waals surface area contributed by atoms with E-state index in [2.05, 4.69) is 10.4 Å². The SMILES string of the molecule is COc1ccc(CNC(=O)CCn2ccc(C(=O)O)n2)cc1. The second-order valence-electron chi connectivity index (χ2n) is 4.64. The van der Waals surface area contributed by atoms with E-state index >= 15 is 0 Å². The molecule has 0 aliphatic rings. The summed E-state index contributed by atoms with van der Waals surface area (Å²) in [6.45, 7) is 0.768. The predicted molar refractivity (Wildman–Crippen MR) is 78.6 cm³/mol. The van der Waals surface area contributed by atoms with Crippen LogP contribution < -0.4 is 10.1 Å². The number of aromatic nitrogens is 2.